The van der Waals surface area contributed by atoms with Crippen LogP contribution in [0.15, 0.2) is 6.07 Å². The molecular formula is C14H24N4O2. The molecule has 6 nitrogen and oxygen atoms in total. The summed E-state index contributed by atoms with van der Waals surface area (Å²) in [5.41, 5.74) is 0.923. The van der Waals surface area contributed by atoms with Gasteiger partial charge >= 0.3 is 0 Å². The number of hydrogen-bond donors (Lipinski definition) is 1. The Bertz CT molecular complexity index is 428. The van der Waals surface area contributed by atoms with Crippen LogP contribution < -0.4 is 15.0 Å². The molecule has 2 rings (SSSR count). The lowest BCUT2D eigenvalue weighted by atomic mass is 10.2. The van der Waals surface area contributed by atoms with Crippen LogP contribution in [0, 0.1) is 6.92 Å². The van der Waals surface area contributed by atoms with Gasteiger partial charge in [0.2, 0.25) is 11.8 Å². The SMILES string of the molecule is CCNCC1COCCN1c1nc(C)cc(OCC)n1. The molecule has 0 aliphatic carbocycles. The monoisotopic (exact) mass is 280 g/mol. The van der Waals surface area contributed by atoms with Crippen molar-refractivity contribution >= 4 is 5.95 Å². The number of hydrogen-bond acceptors (Lipinski definition) is 6. The summed E-state index contributed by atoms with van der Waals surface area (Å²) < 4.78 is 11.1. The van der Waals surface area contributed by atoms with Crippen LogP contribution in [0.25, 0.3) is 0 Å². The van der Waals surface area contributed by atoms with Gasteiger partial charge in [0, 0.05) is 24.8 Å². The van der Waals surface area contributed by atoms with Crippen molar-refractivity contribution in [3.63, 3.8) is 0 Å². The normalized spacial score (nSPS) is 19.1. The van der Waals surface area contributed by atoms with E-state index in [0.29, 0.717) is 25.7 Å². The molecule has 0 radical (unpaired) electrons. The highest BCUT2D eigenvalue weighted by Gasteiger charge is 2.25. The second-order valence-corrected chi connectivity index (χ2v) is 4.81. The van der Waals surface area contributed by atoms with Gasteiger partial charge in [0.1, 0.15) is 0 Å². The number of anilines is 1. The third kappa shape index (κ3) is 3.80. The molecule has 1 fully saturated rings. The Morgan fingerprint density at radius 3 is 3.05 bits per heavy atom. The smallest absolute Gasteiger partial charge is 0.229 e. The molecule has 0 bridgehead atoms. The van der Waals surface area contributed by atoms with Crippen molar-refractivity contribution in [1.29, 1.82) is 0 Å². The molecule has 112 valence electrons. The number of aryl methyl sites for hydroxylation is 1. The van der Waals surface area contributed by atoms with E-state index in [-0.39, 0.29) is 6.04 Å². The van der Waals surface area contributed by atoms with Crippen molar-refractivity contribution in [1.82, 2.24) is 15.3 Å². The summed E-state index contributed by atoms with van der Waals surface area (Å²) >= 11 is 0. The molecule has 1 unspecified atom stereocenters. The van der Waals surface area contributed by atoms with Crippen molar-refractivity contribution in [2.75, 3.05) is 44.4 Å². The molecule has 1 aromatic heterocycles. The fourth-order valence-electron chi connectivity index (χ4n) is 2.27. The van der Waals surface area contributed by atoms with E-state index in [0.717, 1.165) is 31.3 Å². The lowest BCUT2D eigenvalue weighted by Gasteiger charge is -2.35. The zero-order chi connectivity index (χ0) is 14.4. The van der Waals surface area contributed by atoms with Gasteiger partial charge in [0.15, 0.2) is 0 Å². The van der Waals surface area contributed by atoms with Gasteiger partial charge in [-0.2, -0.15) is 4.98 Å². The highest BCUT2D eigenvalue weighted by molar-refractivity contribution is 5.36. The summed E-state index contributed by atoms with van der Waals surface area (Å²) in [5.74, 6) is 1.38. The molecule has 1 aromatic rings. The topological polar surface area (TPSA) is 59.5 Å². The molecule has 1 atom stereocenters. The number of morpholine rings is 1. The molecule has 0 saturated carbocycles. The molecule has 1 saturated heterocycles. The molecule has 0 spiro atoms. The minimum atomic E-state index is 0.264. The lowest BCUT2D eigenvalue weighted by molar-refractivity contribution is 0.0929. The second-order valence-electron chi connectivity index (χ2n) is 4.81. The maximum absolute atomic E-state index is 5.57. The minimum absolute atomic E-state index is 0.264. The largest absolute Gasteiger partial charge is 0.478 e. The van der Waals surface area contributed by atoms with Gasteiger partial charge in [0.25, 0.3) is 0 Å². The van der Waals surface area contributed by atoms with E-state index in [2.05, 4.69) is 27.1 Å². The molecule has 20 heavy (non-hydrogen) atoms. The lowest BCUT2D eigenvalue weighted by Crippen LogP contribution is -2.51. The van der Waals surface area contributed by atoms with Crippen molar-refractivity contribution in [3.05, 3.63) is 11.8 Å². The van der Waals surface area contributed by atoms with Gasteiger partial charge in [0.05, 0.1) is 25.9 Å². The van der Waals surface area contributed by atoms with Crippen LogP contribution in [-0.4, -0.2) is 55.5 Å². The number of rotatable bonds is 6. The van der Waals surface area contributed by atoms with Crippen molar-refractivity contribution < 1.29 is 9.47 Å². The van der Waals surface area contributed by atoms with Gasteiger partial charge in [-0.25, -0.2) is 4.98 Å². The van der Waals surface area contributed by atoms with Crippen LogP contribution >= 0.6 is 0 Å². The average molecular weight is 280 g/mol. The first-order valence-corrected chi connectivity index (χ1v) is 7.28. The summed E-state index contributed by atoms with van der Waals surface area (Å²) in [5, 5.41) is 3.36. The highest BCUT2D eigenvalue weighted by atomic mass is 16.5. The van der Waals surface area contributed by atoms with Gasteiger partial charge in [-0.05, 0) is 20.4 Å². The Morgan fingerprint density at radius 2 is 2.30 bits per heavy atom. The first-order valence-electron chi connectivity index (χ1n) is 7.28. The molecule has 2 heterocycles. The summed E-state index contributed by atoms with van der Waals surface area (Å²) in [6.07, 6.45) is 0. The maximum atomic E-state index is 5.57. The van der Waals surface area contributed by atoms with Crippen LogP contribution in [0.2, 0.25) is 0 Å². The first-order chi connectivity index (χ1) is 9.74. The fourth-order valence-corrected chi connectivity index (χ4v) is 2.27. The Kier molecular flexibility index (Phi) is 5.55. The highest BCUT2D eigenvalue weighted by Crippen LogP contribution is 2.19. The second kappa shape index (κ2) is 7.40. The standard InChI is InChI=1S/C14H24N4O2/c1-4-15-9-12-10-19-7-6-18(12)14-16-11(3)8-13(17-14)20-5-2/h8,12,15H,4-7,9-10H2,1-3H3. The quantitative estimate of drug-likeness (QED) is 0.839. The van der Waals surface area contributed by atoms with Crippen LogP contribution in [0.5, 0.6) is 5.88 Å². The fraction of sp³-hybridized carbons (Fsp3) is 0.714. The Labute approximate surface area is 120 Å². The maximum Gasteiger partial charge on any atom is 0.229 e. The molecule has 6 heteroatoms. The van der Waals surface area contributed by atoms with E-state index in [1.165, 1.54) is 0 Å². The van der Waals surface area contributed by atoms with Gasteiger partial charge in [-0.3, -0.25) is 0 Å². The summed E-state index contributed by atoms with van der Waals surface area (Å²) in [7, 11) is 0. The van der Waals surface area contributed by atoms with E-state index in [1.54, 1.807) is 0 Å². The molecule has 0 amide bonds. The van der Waals surface area contributed by atoms with Gasteiger partial charge < -0.3 is 19.7 Å². The van der Waals surface area contributed by atoms with Crippen LogP contribution in [0.1, 0.15) is 19.5 Å². The number of nitrogens with zero attached hydrogens (tertiary/aromatic N) is 3. The molecule has 1 N–H and O–H groups in total. The van der Waals surface area contributed by atoms with Crippen molar-refractivity contribution in [3.8, 4) is 5.88 Å². The van der Waals surface area contributed by atoms with Crippen molar-refractivity contribution in [2.45, 2.75) is 26.8 Å². The zero-order valence-corrected chi connectivity index (χ0v) is 12.6. The van der Waals surface area contributed by atoms with Crippen LogP contribution in [0.4, 0.5) is 5.95 Å². The summed E-state index contributed by atoms with van der Waals surface area (Å²) in [6.45, 7) is 10.7. The van der Waals surface area contributed by atoms with E-state index in [1.807, 2.05) is 19.9 Å². The predicted octanol–water partition coefficient (Wildman–Crippen LogP) is 0.998. The van der Waals surface area contributed by atoms with Crippen LogP contribution in [-0.2, 0) is 4.74 Å². The molecule has 0 aromatic carbocycles. The molecular weight excluding hydrogens is 256 g/mol. The molecule has 1 aliphatic rings. The Balaban J connectivity index is 2.17. The van der Waals surface area contributed by atoms with E-state index in [4.69, 9.17) is 9.47 Å². The average Bonchev–Trinajstić information content (AvgIpc) is 2.45. The Morgan fingerprint density at radius 1 is 1.45 bits per heavy atom. The van der Waals surface area contributed by atoms with Crippen LogP contribution in [0.3, 0.4) is 0 Å². The minimum Gasteiger partial charge on any atom is -0.478 e. The van der Waals surface area contributed by atoms with E-state index in [9.17, 15) is 0 Å². The summed E-state index contributed by atoms with van der Waals surface area (Å²) in [4.78, 5) is 11.3. The number of aromatic nitrogens is 2. The third-order valence-corrected chi connectivity index (χ3v) is 3.23. The van der Waals surface area contributed by atoms with Gasteiger partial charge in [-0.15, -0.1) is 0 Å². The summed E-state index contributed by atoms with van der Waals surface area (Å²) in [6, 6.07) is 2.13. The number of nitrogens with one attached hydrogen (secondary N) is 1. The zero-order valence-electron chi connectivity index (χ0n) is 12.6. The number of ether oxygens (including phenoxy) is 2. The van der Waals surface area contributed by atoms with E-state index >= 15 is 0 Å². The first kappa shape index (κ1) is 15.0. The number of likely N-dealkylation sites (N-methyl/N-ethyl adjacent to an activating group) is 1. The predicted molar refractivity (Wildman–Crippen MR) is 78.4 cm³/mol. The molecule has 1 aliphatic heterocycles. The third-order valence-electron chi connectivity index (χ3n) is 3.23. The van der Waals surface area contributed by atoms with E-state index < -0.39 is 0 Å². The van der Waals surface area contributed by atoms with Crippen molar-refractivity contribution in [2.24, 2.45) is 0 Å². The Hall–Kier alpha value is -1.40. The van der Waals surface area contributed by atoms with Gasteiger partial charge in [-0.1, -0.05) is 6.92 Å².